The van der Waals surface area contributed by atoms with E-state index in [9.17, 15) is 5.11 Å². The molecule has 0 amide bonds. The Kier molecular flexibility index (Phi) is 12.5. The third-order valence-electron chi connectivity index (χ3n) is 6.59. The molecule has 1 N–H and O–H groups in total. The summed E-state index contributed by atoms with van der Waals surface area (Å²) >= 11 is 4.71. The first-order chi connectivity index (χ1) is 13.3. The van der Waals surface area contributed by atoms with Crippen LogP contribution in [0.2, 0.25) is 0 Å². The lowest BCUT2D eigenvalue weighted by Crippen LogP contribution is -2.21. The van der Waals surface area contributed by atoms with Gasteiger partial charge in [-0.25, -0.2) is 0 Å². The largest absolute Gasteiger partial charge is 0.388 e. The van der Waals surface area contributed by atoms with Gasteiger partial charge >= 0.3 is 0 Å². The first-order valence-electron chi connectivity index (χ1n) is 11.7. The Labute approximate surface area is 181 Å². The molecule has 28 heavy (non-hydrogen) atoms. The molecule has 0 saturated carbocycles. The van der Waals surface area contributed by atoms with E-state index in [-0.39, 0.29) is 12.0 Å². The molecule has 0 aromatic heterocycles. The number of thiol groups is 1. The van der Waals surface area contributed by atoms with Crippen LogP contribution in [0.5, 0.6) is 0 Å². The zero-order valence-electron chi connectivity index (χ0n) is 19.4. The molecular formula is C26H46OS. The average Bonchev–Trinajstić information content (AvgIpc) is 2.66. The lowest BCUT2D eigenvalue weighted by Gasteiger charge is -2.27. The SMILES string of the molecule is CCC/C=C(\C)CCCC(C)CCCC(C)CCC1=CC(O)C(C)C(C)=C1S. The number of aliphatic hydroxyl groups excluding tert-OH is 1. The van der Waals surface area contributed by atoms with Gasteiger partial charge in [0.25, 0.3) is 0 Å². The van der Waals surface area contributed by atoms with Crippen LogP contribution >= 0.6 is 12.6 Å². The second kappa shape index (κ2) is 13.7. The number of rotatable bonds is 13. The molecule has 0 saturated heterocycles. The van der Waals surface area contributed by atoms with Gasteiger partial charge in [-0.3, -0.25) is 0 Å². The van der Waals surface area contributed by atoms with Crippen molar-refractivity contribution >= 4 is 12.6 Å². The predicted molar refractivity (Wildman–Crippen MR) is 129 cm³/mol. The molecule has 0 aliphatic heterocycles. The number of hydrogen-bond donors (Lipinski definition) is 2. The van der Waals surface area contributed by atoms with Gasteiger partial charge in [0.2, 0.25) is 0 Å². The van der Waals surface area contributed by atoms with E-state index in [1.54, 1.807) is 5.57 Å². The minimum absolute atomic E-state index is 0.195. The van der Waals surface area contributed by atoms with Gasteiger partial charge in [0.15, 0.2) is 0 Å². The smallest absolute Gasteiger partial charge is 0.0789 e. The van der Waals surface area contributed by atoms with Crippen molar-refractivity contribution in [2.45, 2.75) is 112 Å². The third kappa shape index (κ3) is 9.35. The first-order valence-corrected chi connectivity index (χ1v) is 12.1. The molecule has 0 radical (unpaired) electrons. The van der Waals surface area contributed by atoms with Crippen molar-refractivity contribution in [3.05, 3.63) is 33.8 Å². The van der Waals surface area contributed by atoms with Crippen LogP contribution in [-0.2, 0) is 0 Å². The van der Waals surface area contributed by atoms with Gasteiger partial charge in [-0.15, -0.1) is 12.6 Å². The average molecular weight is 407 g/mol. The van der Waals surface area contributed by atoms with Crippen LogP contribution in [0, 0.1) is 17.8 Å². The van der Waals surface area contributed by atoms with E-state index in [2.05, 4.69) is 47.6 Å². The summed E-state index contributed by atoms with van der Waals surface area (Å²) in [5, 5.41) is 10.2. The summed E-state index contributed by atoms with van der Waals surface area (Å²) in [6.45, 7) is 13.5. The van der Waals surface area contributed by atoms with Gasteiger partial charge < -0.3 is 5.11 Å². The molecule has 0 spiro atoms. The van der Waals surface area contributed by atoms with Crippen LogP contribution in [0.15, 0.2) is 33.8 Å². The van der Waals surface area contributed by atoms with Crippen LogP contribution in [0.3, 0.4) is 0 Å². The van der Waals surface area contributed by atoms with Crippen molar-refractivity contribution in [2.24, 2.45) is 17.8 Å². The highest BCUT2D eigenvalue weighted by Crippen LogP contribution is 2.35. The zero-order valence-corrected chi connectivity index (χ0v) is 20.3. The minimum Gasteiger partial charge on any atom is -0.388 e. The van der Waals surface area contributed by atoms with Gasteiger partial charge in [-0.1, -0.05) is 83.1 Å². The fourth-order valence-corrected chi connectivity index (χ4v) is 4.47. The Morgan fingerprint density at radius 2 is 1.75 bits per heavy atom. The normalized spacial score (nSPS) is 23.0. The van der Waals surface area contributed by atoms with Crippen LogP contribution in [0.25, 0.3) is 0 Å². The maximum Gasteiger partial charge on any atom is 0.0789 e. The molecule has 1 aliphatic carbocycles. The van der Waals surface area contributed by atoms with E-state index >= 15 is 0 Å². The maximum atomic E-state index is 10.2. The molecule has 0 bridgehead atoms. The fourth-order valence-electron chi connectivity index (χ4n) is 4.08. The van der Waals surface area contributed by atoms with Gasteiger partial charge in [0.1, 0.15) is 0 Å². The Morgan fingerprint density at radius 3 is 2.39 bits per heavy atom. The highest BCUT2D eigenvalue weighted by molar-refractivity contribution is 7.84. The standard InChI is InChI=1S/C26H46OS/c1-7-8-11-19(2)12-9-13-20(3)14-10-15-21(4)16-17-24-18-25(27)22(5)23(6)26(24)28/h11,18,20-22,25,27-28H,7-10,12-17H2,1-6H3/b19-11+. The molecule has 1 rings (SSSR count). The fraction of sp³-hybridized carbons (Fsp3) is 0.769. The summed E-state index contributed by atoms with van der Waals surface area (Å²) < 4.78 is 0. The zero-order chi connectivity index (χ0) is 21.1. The minimum atomic E-state index is -0.345. The van der Waals surface area contributed by atoms with Crippen molar-refractivity contribution in [1.82, 2.24) is 0 Å². The van der Waals surface area contributed by atoms with E-state index in [4.69, 9.17) is 12.6 Å². The van der Waals surface area contributed by atoms with Crippen molar-refractivity contribution in [3.8, 4) is 0 Å². The lowest BCUT2D eigenvalue weighted by atomic mass is 9.85. The van der Waals surface area contributed by atoms with E-state index in [0.29, 0.717) is 0 Å². The van der Waals surface area contributed by atoms with Crippen LogP contribution < -0.4 is 0 Å². The van der Waals surface area contributed by atoms with Crippen molar-refractivity contribution in [1.29, 1.82) is 0 Å². The second-order valence-corrected chi connectivity index (χ2v) is 9.86. The van der Waals surface area contributed by atoms with E-state index in [0.717, 1.165) is 23.2 Å². The number of hydrogen-bond acceptors (Lipinski definition) is 2. The van der Waals surface area contributed by atoms with E-state index in [1.165, 1.54) is 68.9 Å². The van der Waals surface area contributed by atoms with Gasteiger partial charge in [0.05, 0.1) is 6.10 Å². The molecular weight excluding hydrogens is 360 g/mol. The van der Waals surface area contributed by atoms with Crippen LogP contribution in [0.4, 0.5) is 0 Å². The predicted octanol–water partition coefficient (Wildman–Crippen LogP) is 8.27. The third-order valence-corrected chi connectivity index (χ3v) is 7.23. The topological polar surface area (TPSA) is 20.2 Å². The van der Waals surface area contributed by atoms with Gasteiger partial charge in [0, 0.05) is 10.8 Å². The van der Waals surface area contributed by atoms with E-state index in [1.807, 2.05) is 6.08 Å². The lowest BCUT2D eigenvalue weighted by molar-refractivity contribution is 0.176. The van der Waals surface area contributed by atoms with Crippen molar-refractivity contribution in [3.63, 3.8) is 0 Å². The summed E-state index contributed by atoms with van der Waals surface area (Å²) in [6.07, 6.45) is 16.8. The number of unbranched alkanes of at least 4 members (excludes halogenated alkanes) is 1. The second-order valence-electron chi connectivity index (χ2n) is 9.41. The Hall–Kier alpha value is -0.470. The molecule has 0 fully saturated rings. The number of allylic oxidation sites excluding steroid dienone is 3. The first kappa shape index (κ1) is 25.6. The summed E-state index contributed by atoms with van der Waals surface area (Å²) in [7, 11) is 0. The van der Waals surface area contributed by atoms with E-state index < -0.39 is 0 Å². The molecule has 4 atom stereocenters. The van der Waals surface area contributed by atoms with Crippen molar-refractivity contribution in [2.75, 3.05) is 0 Å². The summed E-state index contributed by atoms with van der Waals surface area (Å²) in [5.41, 5.74) is 4.06. The van der Waals surface area contributed by atoms with Gasteiger partial charge in [-0.2, -0.15) is 0 Å². The highest BCUT2D eigenvalue weighted by atomic mass is 32.1. The number of aliphatic hydroxyl groups is 1. The summed E-state index contributed by atoms with van der Waals surface area (Å²) in [5.74, 6) is 1.78. The molecule has 0 aromatic rings. The molecule has 0 aromatic carbocycles. The molecule has 0 heterocycles. The highest BCUT2D eigenvalue weighted by Gasteiger charge is 2.23. The molecule has 4 unspecified atom stereocenters. The Morgan fingerprint density at radius 1 is 1.14 bits per heavy atom. The summed E-state index contributed by atoms with van der Waals surface area (Å²) in [4.78, 5) is 1.11. The maximum absolute atomic E-state index is 10.2. The van der Waals surface area contributed by atoms with Gasteiger partial charge in [-0.05, 0) is 63.4 Å². The van der Waals surface area contributed by atoms with Crippen molar-refractivity contribution < 1.29 is 5.11 Å². The monoisotopic (exact) mass is 406 g/mol. The Bertz CT molecular complexity index is 543. The molecule has 162 valence electrons. The van der Waals surface area contributed by atoms with Crippen LogP contribution in [0.1, 0.15) is 106 Å². The Balaban J connectivity index is 2.21. The molecule has 2 heteroatoms. The summed E-state index contributed by atoms with van der Waals surface area (Å²) in [6, 6.07) is 0. The van der Waals surface area contributed by atoms with Crippen LogP contribution in [-0.4, -0.2) is 11.2 Å². The molecule has 1 aliphatic rings. The quantitative estimate of drug-likeness (QED) is 0.233. The molecule has 1 nitrogen and oxygen atoms in total.